The Morgan fingerprint density at radius 1 is 1.19 bits per heavy atom. The van der Waals surface area contributed by atoms with Crippen molar-refractivity contribution in [2.45, 2.75) is 13.3 Å². The average Bonchev–Trinajstić information content (AvgIpc) is 2.30. The highest BCUT2D eigenvalue weighted by atomic mass is 79.9. The summed E-state index contributed by atoms with van der Waals surface area (Å²) >= 11 is 3.27. The van der Waals surface area contributed by atoms with E-state index in [1.807, 2.05) is 24.3 Å². The van der Waals surface area contributed by atoms with Gasteiger partial charge in [-0.15, -0.1) is 0 Å². The molecule has 0 saturated carbocycles. The number of hydrogen-bond donors (Lipinski definition) is 0. The molecule has 0 aliphatic heterocycles. The molecule has 0 saturated heterocycles. The van der Waals surface area contributed by atoms with Gasteiger partial charge in [-0.3, -0.25) is 0 Å². The zero-order chi connectivity index (χ0) is 11.4. The lowest BCUT2D eigenvalue weighted by Gasteiger charge is -2.04. The summed E-state index contributed by atoms with van der Waals surface area (Å²) in [6.07, 6.45) is 2.49. The summed E-state index contributed by atoms with van der Waals surface area (Å²) in [4.78, 5) is 7.95. The summed E-state index contributed by atoms with van der Waals surface area (Å²) in [5.41, 5.74) is 1.29. The first-order chi connectivity index (χ1) is 7.78. The van der Waals surface area contributed by atoms with Crippen molar-refractivity contribution in [1.82, 2.24) is 9.97 Å². The van der Waals surface area contributed by atoms with Crippen molar-refractivity contribution >= 4 is 15.9 Å². The molecule has 0 atom stereocenters. The monoisotopic (exact) mass is 278 g/mol. The van der Waals surface area contributed by atoms with Crippen molar-refractivity contribution in [3.05, 3.63) is 46.8 Å². The lowest BCUT2D eigenvalue weighted by atomic mass is 10.2. The lowest BCUT2D eigenvalue weighted by molar-refractivity contribution is 0.460. The van der Waals surface area contributed by atoms with Gasteiger partial charge in [0.15, 0.2) is 0 Å². The van der Waals surface area contributed by atoms with Crippen LogP contribution in [-0.4, -0.2) is 9.97 Å². The van der Waals surface area contributed by atoms with E-state index in [9.17, 15) is 0 Å². The van der Waals surface area contributed by atoms with Crippen LogP contribution in [0.15, 0.2) is 41.3 Å². The molecule has 0 aliphatic carbocycles. The molecule has 1 heterocycles. The molecule has 0 amide bonds. The van der Waals surface area contributed by atoms with Crippen molar-refractivity contribution in [3.63, 3.8) is 0 Å². The summed E-state index contributed by atoms with van der Waals surface area (Å²) in [7, 11) is 0. The maximum Gasteiger partial charge on any atom is 0.223 e. The molecule has 2 aromatic rings. The summed E-state index contributed by atoms with van der Waals surface area (Å²) in [6.45, 7) is 2.12. The fourth-order valence-electron chi connectivity index (χ4n) is 1.29. The first-order valence-electron chi connectivity index (χ1n) is 5.02. The SMILES string of the molecule is CCc1ccc(Oc2cc(Br)ncn2)cc1. The normalized spacial score (nSPS) is 10.1. The van der Waals surface area contributed by atoms with Crippen LogP contribution in [-0.2, 0) is 6.42 Å². The van der Waals surface area contributed by atoms with Gasteiger partial charge >= 0.3 is 0 Å². The van der Waals surface area contributed by atoms with E-state index in [1.165, 1.54) is 11.9 Å². The predicted molar refractivity (Wildman–Crippen MR) is 65.6 cm³/mol. The minimum atomic E-state index is 0.533. The van der Waals surface area contributed by atoms with Crippen LogP contribution in [0.4, 0.5) is 0 Å². The van der Waals surface area contributed by atoms with Crippen LogP contribution in [0.5, 0.6) is 11.6 Å². The molecule has 0 fully saturated rings. The number of benzene rings is 1. The predicted octanol–water partition coefficient (Wildman–Crippen LogP) is 3.59. The zero-order valence-corrected chi connectivity index (χ0v) is 10.4. The Morgan fingerprint density at radius 3 is 2.56 bits per heavy atom. The number of hydrogen-bond acceptors (Lipinski definition) is 3. The Labute approximate surface area is 103 Å². The highest BCUT2D eigenvalue weighted by Crippen LogP contribution is 2.21. The molecule has 0 unspecified atom stereocenters. The largest absolute Gasteiger partial charge is 0.439 e. The molecule has 0 aliphatic rings. The van der Waals surface area contributed by atoms with Crippen molar-refractivity contribution in [3.8, 4) is 11.6 Å². The minimum Gasteiger partial charge on any atom is -0.439 e. The molecule has 16 heavy (non-hydrogen) atoms. The van der Waals surface area contributed by atoms with Gasteiger partial charge in [0, 0.05) is 6.07 Å². The second-order valence-electron chi connectivity index (χ2n) is 3.28. The van der Waals surface area contributed by atoms with Crippen LogP contribution in [0.3, 0.4) is 0 Å². The summed E-state index contributed by atoms with van der Waals surface area (Å²) in [6, 6.07) is 9.70. The fraction of sp³-hybridized carbons (Fsp3) is 0.167. The number of ether oxygens (including phenoxy) is 1. The van der Waals surface area contributed by atoms with Gasteiger partial charge in [0.2, 0.25) is 5.88 Å². The standard InChI is InChI=1S/C12H11BrN2O/c1-2-9-3-5-10(6-4-9)16-12-7-11(13)14-8-15-12/h3-8H,2H2,1H3. The van der Waals surface area contributed by atoms with Gasteiger partial charge in [-0.25, -0.2) is 9.97 Å². The highest BCUT2D eigenvalue weighted by Gasteiger charge is 1.99. The Balaban J connectivity index is 2.14. The average molecular weight is 279 g/mol. The van der Waals surface area contributed by atoms with E-state index in [0.717, 1.165) is 12.2 Å². The van der Waals surface area contributed by atoms with E-state index in [0.29, 0.717) is 10.5 Å². The second-order valence-corrected chi connectivity index (χ2v) is 4.09. The Bertz CT molecular complexity index is 471. The number of aromatic nitrogens is 2. The highest BCUT2D eigenvalue weighted by molar-refractivity contribution is 9.10. The lowest BCUT2D eigenvalue weighted by Crippen LogP contribution is -1.89. The van der Waals surface area contributed by atoms with Gasteiger partial charge in [-0.05, 0) is 40.0 Å². The van der Waals surface area contributed by atoms with Gasteiger partial charge in [-0.1, -0.05) is 19.1 Å². The number of rotatable bonds is 3. The first kappa shape index (κ1) is 11.1. The quantitative estimate of drug-likeness (QED) is 0.805. The first-order valence-corrected chi connectivity index (χ1v) is 5.81. The molecule has 82 valence electrons. The molecule has 0 bridgehead atoms. The van der Waals surface area contributed by atoms with E-state index >= 15 is 0 Å². The topological polar surface area (TPSA) is 35.0 Å². The summed E-state index contributed by atoms with van der Waals surface area (Å²) in [5, 5.41) is 0. The van der Waals surface area contributed by atoms with Crippen molar-refractivity contribution in [1.29, 1.82) is 0 Å². The third kappa shape index (κ3) is 2.79. The van der Waals surface area contributed by atoms with E-state index < -0.39 is 0 Å². The molecule has 1 aromatic carbocycles. The smallest absolute Gasteiger partial charge is 0.223 e. The Morgan fingerprint density at radius 2 is 1.94 bits per heavy atom. The van der Waals surface area contributed by atoms with Gasteiger partial charge in [0.25, 0.3) is 0 Å². The number of aryl methyl sites for hydroxylation is 1. The fourth-order valence-corrected chi connectivity index (χ4v) is 1.57. The van der Waals surface area contributed by atoms with Gasteiger partial charge in [-0.2, -0.15) is 0 Å². The molecule has 0 radical (unpaired) electrons. The van der Waals surface area contributed by atoms with Crippen LogP contribution >= 0.6 is 15.9 Å². The van der Waals surface area contributed by atoms with Crippen molar-refractivity contribution in [2.75, 3.05) is 0 Å². The van der Waals surface area contributed by atoms with Crippen LogP contribution in [0.2, 0.25) is 0 Å². The molecular formula is C12H11BrN2O. The maximum atomic E-state index is 5.58. The second kappa shape index (κ2) is 5.07. The number of nitrogens with zero attached hydrogens (tertiary/aromatic N) is 2. The third-order valence-electron chi connectivity index (χ3n) is 2.16. The molecular weight excluding hydrogens is 268 g/mol. The van der Waals surface area contributed by atoms with E-state index in [2.05, 4.69) is 32.8 Å². The van der Waals surface area contributed by atoms with Gasteiger partial charge in [0.05, 0.1) is 0 Å². The van der Waals surface area contributed by atoms with Crippen molar-refractivity contribution < 1.29 is 4.74 Å². The van der Waals surface area contributed by atoms with Crippen LogP contribution in [0.25, 0.3) is 0 Å². The molecule has 1 aromatic heterocycles. The Hall–Kier alpha value is -1.42. The van der Waals surface area contributed by atoms with E-state index in [-0.39, 0.29) is 0 Å². The van der Waals surface area contributed by atoms with E-state index in [1.54, 1.807) is 6.07 Å². The van der Waals surface area contributed by atoms with Gasteiger partial charge in [0.1, 0.15) is 16.7 Å². The molecule has 0 N–H and O–H groups in total. The number of halogens is 1. The van der Waals surface area contributed by atoms with Crippen LogP contribution in [0.1, 0.15) is 12.5 Å². The third-order valence-corrected chi connectivity index (χ3v) is 2.60. The van der Waals surface area contributed by atoms with Crippen molar-refractivity contribution in [2.24, 2.45) is 0 Å². The van der Waals surface area contributed by atoms with Crippen LogP contribution < -0.4 is 4.74 Å². The minimum absolute atomic E-state index is 0.533. The summed E-state index contributed by atoms with van der Waals surface area (Å²) < 4.78 is 6.29. The zero-order valence-electron chi connectivity index (χ0n) is 8.85. The Kier molecular flexibility index (Phi) is 3.51. The molecule has 0 spiro atoms. The molecule has 3 nitrogen and oxygen atoms in total. The summed E-state index contributed by atoms with van der Waals surface area (Å²) in [5.74, 6) is 1.31. The molecule has 2 rings (SSSR count). The molecule has 4 heteroatoms. The van der Waals surface area contributed by atoms with Gasteiger partial charge < -0.3 is 4.74 Å². The van der Waals surface area contributed by atoms with Crippen LogP contribution in [0, 0.1) is 0 Å². The maximum absolute atomic E-state index is 5.58. The van der Waals surface area contributed by atoms with E-state index in [4.69, 9.17) is 4.74 Å².